The van der Waals surface area contributed by atoms with E-state index in [0.717, 1.165) is 19.4 Å². The Bertz CT molecular complexity index is 514. The molecule has 3 unspecified atom stereocenters. The summed E-state index contributed by atoms with van der Waals surface area (Å²) in [5, 5.41) is 6.68. The molecule has 3 rings (SSSR count). The van der Waals surface area contributed by atoms with E-state index in [1.165, 1.54) is 24.0 Å². The molecule has 1 fully saturated rings. The Morgan fingerprint density at radius 3 is 2.76 bits per heavy atom. The molecule has 1 saturated carbocycles. The topological polar surface area (TPSA) is 41.1 Å². The number of amides is 1. The van der Waals surface area contributed by atoms with Gasteiger partial charge in [-0.25, -0.2) is 0 Å². The van der Waals surface area contributed by atoms with E-state index in [0.29, 0.717) is 17.9 Å². The van der Waals surface area contributed by atoms with E-state index in [1.54, 1.807) is 0 Å². The first-order chi connectivity index (χ1) is 10.1. The number of rotatable bonds is 2. The average molecular weight is 286 g/mol. The van der Waals surface area contributed by atoms with Gasteiger partial charge in [-0.15, -0.1) is 0 Å². The van der Waals surface area contributed by atoms with Crippen LogP contribution in [0.1, 0.15) is 44.2 Å². The number of nitrogens with one attached hydrogen (secondary N) is 2. The summed E-state index contributed by atoms with van der Waals surface area (Å²) in [6.07, 6.45) is 4.46. The molecule has 0 saturated heterocycles. The van der Waals surface area contributed by atoms with Crippen molar-refractivity contribution >= 4 is 5.91 Å². The predicted molar refractivity (Wildman–Crippen MR) is 84.9 cm³/mol. The Labute approximate surface area is 127 Å². The Balaban J connectivity index is 1.62. The van der Waals surface area contributed by atoms with Crippen LogP contribution in [-0.2, 0) is 17.8 Å². The van der Waals surface area contributed by atoms with Crippen LogP contribution >= 0.6 is 0 Å². The molecule has 1 aromatic carbocycles. The second kappa shape index (κ2) is 6.18. The van der Waals surface area contributed by atoms with Gasteiger partial charge in [0.1, 0.15) is 0 Å². The van der Waals surface area contributed by atoms with Gasteiger partial charge in [0, 0.05) is 12.6 Å². The van der Waals surface area contributed by atoms with Crippen molar-refractivity contribution < 1.29 is 4.79 Å². The van der Waals surface area contributed by atoms with Crippen molar-refractivity contribution in [2.75, 3.05) is 0 Å². The zero-order chi connectivity index (χ0) is 14.8. The maximum Gasteiger partial charge on any atom is 0.237 e. The molecule has 1 aliphatic carbocycles. The molecule has 2 aliphatic rings. The number of carbonyl (C=O) groups is 1. The zero-order valence-electron chi connectivity index (χ0n) is 13.1. The van der Waals surface area contributed by atoms with E-state index in [-0.39, 0.29) is 11.9 Å². The number of hydrogen-bond acceptors (Lipinski definition) is 2. The van der Waals surface area contributed by atoms with Gasteiger partial charge in [-0.2, -0.15) is 0 Å². The summed E-state index contributed by atoms with van der Waals surface area (Å²) in [4.78, 5) is 12.6. The molecule has 1 amide bonds. The van der Waals surface area contributed by atoms with Crippen molar-refractivity contribution in [1.82, 2.24) is 10.6 Å². The molecule has 114 valence electrons. The maximum atomic E-state index is 12.6. The van der Waals surface area contributed by atoms with Crippen LogP contribution in [0, 0.1) is 11.8 Å². The van der Waals surface area contributed by atoms with Gasteiger partial charge in [-0.3, -0.25) is 4.79 Å². The standard InChI is InChI=1S/C18H26N2O/c1-12-6-5-9-16(13(12)2)20-18(21)17-10-14-7-3-4-8-15(14)11-19-17/h3-4,7-8,12-13,16-17,19H,5-6,9-11H2,1-2H3,(H,20,21)/t12?,13?,16?,17-/m0/s1. The molecule has 1 aromatic rings. The molecule has 3 heteroatoms. The smallest absolute Gasteiger partial charge is 0.237 e. The highest BCUT2D eigenvalue weighted by Gasteiger charge is 2.31. The second-order valence-corrected chi connectivity index (χ2v) is 6.79. The van der Waals surface area contributed by atoms with Crippen molar-refractivity contribution in [2.24, 2.45) is 11.8 Å². The monoisotopic (exact) mass is 286 g/mol. The highest BCUT2D eigenvalue weighted by molar-refractivity contribution is 5.82. The van der Waals surface area contributed by atoms with Gasteiger partial charge in [-0.05, 0) is 35.8 Å². The summed E-state index contributed by atoms with van der Waals surface area (Å²) in [6, 6.07) is 8.67. The van der Waals surface area contributed by atoms with Crippen molar-refractivity contribution in [1.29, 1.82) is 0 Å². The summed E-state index contributed by atoms with van der Waals surface area (Å²) in [6.45, 7) is 5.38. The second-order valence-electron chi connectivity index (χ2n) is 6.79. The SMILES string of the molecule is CC1CCCC(NC(=O)[C@@H]2Cc3ccccc3CN2)C1C. The van der Waals surface area contributed by atoms with Crippen molar-refractivity contribution in [3.63, 3.8) is 0 Å². The lowest BCUT2D eigenvalue weighted by Crippen LogP contribution is -2.53. The molecular weight excluding hydrogens is 260 g/mol. The lowest BCUT2D eigenvalue weighted by Gasteiger charge is -2.36. The van der Waals surface area contributed by atoms with Crippen molar-refractivity contribution in [2.45, 2.75) is 58.2 Å². The molecule has 0 radical (unpaired) electrons. The van der Waals surface area contributed by atoms with Crippen molar-refractivity contribution in [3.05, 3.63) is 35.4 Å². The summed E-state index contributed by atoms with van der Waals surface area (Å²) in [7, 11) is 0. The molecule has 1 aliphatic heterocycles. The molecule has 0 spiro atoms. The zero-order valence-corrected chi connectivity index (χ0v) is 13.1. The molecule has 2 N–H and O–H groups in total. The third kappa shape index (κ3) is 3.13. The summed E-state index contributed by atoms with van der Waals surface area (Å²) < 4.78 is 0. The fourth-order valence-corrected chi connectivity index (χ4v) is 3.71. The third-order valence-electron chi connectivity index (χ3n) is 5.43. The first-order valence-electron chi connectivity index (χ1n) is 8.25. The van der Waals surface area contributed by atoms with E-state index in [2.05, 4.69) is 48.7 Å². The number of fused-ring (bicyclic) bond motifs is 1. The highest BCUT2D eigenvalue weighted by Crippen LogP contribution is 2.29. The minimum atomic E-state index is -0.0793. The normalized spacial score (nSPS) is 32.3. The summed E-state index contributed by atoms with van der Waals surface area (Å²) in [5.41, 5.74) is 2.63. The lowest BCUT2D eigenvalue weighted by atomic mass is 9.78. The van der Waals surface area contributed by atoms with Crippen LogP contribution in [0.4, 0.5) is 0 Å². The van der Waals surface area contributed by atoms with Crippen LogP contribution in [-0.4, -0.2) is 18.0 Å². The first-order valence-corrected chi connectivity index (χ1v) is 8.25. The van der Waals surface area contributed by atoms with Gasteiger partial charge in [0.2, 0.25) is 5.91 Å². The van der Waals surface area contributed by atoms with E-state index in [9.17, 15) is 4.79 Å². The lowest BCUT2D eigenvalue weighted by molar-refractivity contribution is -0.124. The first kappa shape index (κ1) is 14.6. The molecule has 0 aromatic heterocycles. The predicted octanol–water partition coefficient (Wildman–Crippen LogP) is 2.64. The number of carbonyl (C=O) groups excluding carboxylic acids is 1. The van der Waals surface area contributed by atoms with Gasteiger partial charge >= 0.3 is 0 Å². The van der Waals surface area contributed by atoms with E-state index < -0.39 is 0 Å². The third-order valence-corrected chi connectivity index (χ3v) is 5.43. The highest BCUT2D eigenvalue weighted by atomic mass is 16.2. The Morgan fingerprint density at radius 1 is 1.19 bits per heavy atom. The fourth-order valence-electron chi connectivity index (χ4n) is 3.71. The summed E-state index contributed by atoms with van der Waals surface area (Å²) >= 11 is 0. The Hall–Kier alpha value is -1.35. The van der Waals surface area contributed by atoms with Crippen LogP contribution in [0.15, 0.2) is 24.3 Å². The van der Waals surface area contributed by atoms with Gasteiger partial charge in [-0.1, -0.05) is 51.0 Å². The largest absolute Gasteiger partial charge is 0.352 e. The molecule has 0 bridgehead atoms. The average Bonchev–Trinajstić information content (AvgIpc) is 2.51. The fraction of sp³-hybridized carbons (Fsp3) is 0.611. The minimum Gasteiger partial charge on any atom is -0.352 e. The quantitative estimate of drug-likeness (QED) is 0.877. The van der Waals surface area contributed by atoms with Crippen LogP contribution in [0.3, 0.4) is 0 Å². The molecular formula is C18H26N2O. The van der Waals surface area contributed by atoms with Gasteiger partial charge < -0.3 is 10.6 Å². The maximum absolute atomic E-state index is 12.6. The molecule has 1 heterocycles. The minimum absolute atomic E-state index is 0.0793. The molecule has 3 nitrogen and oxygen atoms in total. The Kier molecular flexibility index (Phi) is 4.29. The van der Waals surface area contributed by atoms with Crippen LogP contribution in [0.5, 0.6) is 0 Å². The molecule has 4 atom stereocenters. The van der Waals surface area contributed by atoms with Gasteiger partial charge in [0.25, 0.3) is 0 Å². The van der Waals surface area contributed by atoms with E-state index in [4.69, 9.17) is 0 Å². The Morgan fingerprint density at radius 2 is 1.95 bits per heavy atom. The van der Waals surface area contributed by atoms with Crippen molar-refractivity contribution in [3.8, 4) is 0 Å². The summed E-state index contributed by atoms with van der Waals surface area (Å²) in [5.74, 6) is 1.47. The van der Waals surface area contributed by atoms with E-state index in [1.807, 2.05) is 0 Å². The van der Waals surface area contributed by atoms with Gasteiger partial charge in [0.05, 0.1) is 6.04 Å². The van der Waals surface area contributed by atoms with Crippen LogP contribution in [0.25, 0.3) is 0 Å². The number of benzene rings is 1. The van der Waals surface area contributed by atoms with Crippen LogP contribution < -0.4 is 10.6 Å². The molecule has 21 heavy (non-hydrogen) atoms. The van der Waals surface area contributed by atoms with E-state index >= 15 is 0 Å². The van der Waals surface area contributed by atoms with Gasteiger partial charge in [0.15, 0.2) is 0 Å². The number of hydrogen-bond donors (Lipinski definition) is 2. The van der Waals surface area contributed by atoms with Crippen LogP contribution in [0.2, 0.25) is 0 Å².